The Labute approximate surface area is 86.1 Å². The monoisotopic (exact) mass is 211 g/mol. The van der Waals surface area contributed by atoms with Crippen LogP contribution < -0.4 is 4.90 Å². The predicted molar refractivity (Wildman–Crippen MR) is 50.9 cm³/mol. The van der Waals surface area contributed by atoms with Crippen LogP contribution in [0.3, 0.4) is 0 Å². The molecule has 3 nitrogen and oxygen atoms in total. The van der Waals surface area contributed by atoms with Crippen molar-refractivity contribution in [3.05, 3.63) is 18.0 Å². The number of fused-ring (bicyclic) bond motifs is 1. The summed E-state index contributed by atoms with van der Waals surface area (Å²) in [6.07, 6.45) is 3.43. The number of nitrogens with zero attached hydrogens (tertiary/aromatic N) is 3. The van der Waals surface area contributed by atoms with Gasteiger partial charge in [0.15, 0.2) is 0 Å². The molecule has 0 amide bonds. The number of halogens is 2. The lowest BCUT2D eigenvalue weighted by Gasteiger charge is -2.19. The van der Waals surface area contributed by atoms with Gasteiger partial charge in [-0.05, 0) is 12.5 Å². The molecule has 0 bridgehead atoms. The van der Waals surface area contributed by atoms with Crippen LogP contribution in [0.15, 0.2) is 12.4 Å². The first-order chi connectivity index (χ1) is 7.09. The second-order valence-electron chi connectivity index (χ2n) is 4.35. The minimum absolute atomic E-state index is 0.390. The third kappa shape index (κ3) is 1.22. The van der Waals surface area contributed by atoms with Crippen LogP contribution in [0.4, 0.5) is 14.7 Å². The third-order valence-corrected chi connectivity index (χ3v) is 3.25. The molecule has 80 valence electrons. The molecule has 1 aliphatic carbocycles. The van der Waals surface area contributed by atoms with Gasteiger partial charge in [-0.3, -0.25) is 0 Å². The number of piperidine rings is 1. The van der Waals surface area contributed by atoms with Crippen LogP contribution in [0, 0.1) is 18.8 Å². The number of anilines is 1. The molecule has 2 aliphatic rings. The quantitative estimate of drug-likeness (QED) is 0.704. The van der Waals surface area contributed by atoms with Crippen LogP contribution in [0.25, 0.3) is 0 Å². The topological polar surface area (TPSA) is 29.0 Å². The van der Waals surface area contributed by atoms with Gasteiger partial charge in [-0.1, -0.05) is 0 Å². The van der Waals surface area contributed by atoms with E-state index in [0.717, 1.165) is 5.56 Å². The lowest BCUT2D eigenvalue weighted by Crippen LogP contribution is -2.28. The van der Waals surface area contributed by atoms with Gasteiger partial charge in [0.1, 0.15) is 0 Å². The molecule has 1 aliphatic heterocycles. The fraction of sp³-hybridized carbons (Fsp3) is 0.600. The smallest absolute Gasteiger partial charge is 0.258 e. The van der Waals surface area contributed by atoms with E-state index in [2.05, 4.69) is 9.97 Å². The lowest BCUT2D eigenvalue weighted by atomic mass is 10.4. The molecule has 2 fully saturated rings. The van der Waals surface area contributed by atoms with E-state index < -0.39 is 17.8 Å². The predicted octanol–water partition coefficient (Wildman–Crippen LogP) is 1.49. The Morgan fingerprint density at radius 1 is 1.27 bits per heavy atom. The van der Waals surface area contributed by atoms with Crippen LogP contribution in [-0.2, 0) is 0 Å². The molecule has 1 saturated heterocycles. The third-order valence-electron chi connectivity index (χ3n) is 3.25. The van der Waals surface area contributed by atoms with Crippen molar-refractivity contribution in [3.63, 3.8) is 0 Å². The molecular weight excluding hydrogens is 200 g/mol. The molecule has 1 aromatic rings. The highest BCUT2D eigenvalue weighted by Gasteiger charge is 2.71. The summed E-state index contributed by atoms with van der Waals surface area (Å²) in [5.74, 6) is -2.80. The first-order valence-corrected chi connectivity index (χ1v) is 5.00. The maximum atomic E-state index is 12.9. The van der Waals surface area contributed by atoms with Gasteiger partial charge < -0.3 is 4.90 Å². The van der Waals surface area contributed by atoms with Crippen molar-refractivity contribution in [3.8, 4) is 0 Å². The van der Waals surface area contributed by atoms with Crippen molar-refractivity contribution < 1.29 is 8.78 Å². The maximum Gasteiger partial charge on any atom is 0.258 e. The first kappa shape index (κ1) is 9.00. The summed E-state index contributed by atoms with van der Waals surface area (Å²) >= 11 is 0. The fourth-order valence-electron chi connectivity index (χ4n) is 2.22. The summed E-state index contributed by atoms with van der Waals surface area (Å²) < 4.78 is 25.9. The highest BCUT2D eigenvalue weighted by atomic mass is 19.3. The van der Waals surface area contributed by atoms with Gasteiger partial charge >= 0.3 is 0 Å². The fourth-order valence-corrected chi connectivity index (χ4v) is 2.22. The second kappa shape index (κ2) is 2.65. The summed E-state index contributed by atoms with van der Waals surface area (Å²) in [5, 5.41) is 0. The van der Waals surface area contributed by atoms with E-state index in [-0.39, 0.29) is 0 Å². The standard InChI is InChI=1S/C10H11F2N3/c1-6-2-13-9(14-3-6)15-4-7-8(5-15)10(7,11)12/h2-3,7-8H,4-5H2,1H3. The van der Waals surface area contributed by atoms with Gasteiger partial charge in [0.25, 0.3) is 5.92 Å². The van der Waals surface area contributed by atoms with Crippen molar-refractivity contribution >= 4 is 5.95 Å². The maximum absolute atomic E-state index is 12.9. The summed E-state index contributed by atoms with van der Waals surface area (Å²) in [5.41, 5.74) is 0.980. The van der Waals surface area contributed by atoms with Crippen molar-refractivity contribution in [2.45, 2.75) is 12.8 Å². The molecule has 0 aromatic carbocycles. The van der Waals surface area contributed by atoms with E-state index in [1.165, 1.54) is 0 Å². The van der Waals surface area contributed by atoms with Crippen LogP contribution in [0.5, 0.6) is 0 Å². The van der Waals surface area contributed by atoms with E-state index in [1.54, 1.807) is 12.4 Å². The van der Waals surface area contributed by atoms with Crippen LogP contribution >= 0.6 is 0 Å². The molecule has 15 heavy (non-hydrogen) atoms. The largest absolute Gasteiger partial charge is 0.340 e. The van der Waals surface area contributed by atoms with Gasteiger partial charge in [0, 0.05) is 25.5 Å². The van der Waals surface area contributed by atoms with E-state index in [9.17, 15) is 8.78 Å². The van der Waals surface area contributed by atoms with Gasteiger partial charge in [0.2, 0.25) is 5.95 Å². The van der Waals surface area contributed by atoms with Gasteiger partial charge in [-0.2, -0.15) is 0 Å². The van der Waals surface area contributed by atoms with E-state index in [4.69, 9.17) is 0 Å². The van der Waals surface area contributed by atoms with Crippen LogP contribution in [0.1, 0.15) is 5.56 Å². The molecule has 5 heteroatoms. The van der Waals surface area contributed by atoms with Crippen LogP contribution in [0.2, 0.25) is 0 Å². The zero-order chi connectivity index (χ0) is 10.6. The summed E-state index contributed by atoms with van der Waals surface area (Å²) in [6.45, 7) is 2.68. The number of rotatable bonds is 1. The summed E-state index contributed by atoms with van der Waals surface area (Å²) in [4.78, 5) is 10.1. The number of hydrogen-bond acceptors (Lipinski definition) is 3. The molecule has 2 unspecified atom stereocenters. The Morgan fingerprint density at radius 2 is 1.80 bits per heavy atom. The SMILES string of the molecule is Cc1cnc(N2CC3C(C2)C3(F)F)nc1. The number of alkyl halides is 2. The Balaban J connectivity index is 1.75. The second-order valence-corrected chi connectivity index (χ2v) is 4.35. The Kier molecular flexibility index (Phi) is 1.59. The van der Waals surface area contributed by atoms with Crippen molar-refractivity contribution in [1.82, 2.24) is 9.97 Å². The van der Waals surface area contributed by atoms with Gasteiger partial charge in [0.05, 0.1) is 11.8 Å². The van der Waals surface area contributed by atoms with Crippen molar-refractivity contribution in [1.29, 1.82) is 0 Å². The highest BCUT2D eigenvalue weighted by molar-refractivity contribution is 5.37. The highest BCUT2D eigenvalue weighted by Crippen LogP contribution is 2.59. The number of aryl methyl sites for hydroxylation is 1. The average Bonchev–Trinajstić information content (AvgIpc) is 2.64. The molecule has 1 saturated carbocycles. The molecule has 2 atom stereocenters. The molecule has 0 radical (unpaired) electrons. The Morgan fingerprint density at radius 3 is 2.33 bits per heavy atom. The average molecular weight is 211 g/mol. The van der Waals surface area contributed by atoms with Gasteiger partial charge in [-0.25, -0.2) is 18.7 Å². The normalized spacial score (nSPS) is 31.5. The zero-order valence-electron chi connectivity index (χ0n) is 8.32. The number of aromatic nitrogens is 2. The summed E-state index contributed by atoms with van der Waals surface area (Å²) in [6, 6.07) is 0. The first-order valence-electron chi connectivity index (χ1n) is 5.00. The Hall–Kier alpha value is -1.26. The van der Waals surface area contributed by atoms with E-state index in [1.807, 2.05) is 11.8 Å². The van der Waals surface area contributed by atoms with Crippen molar-refractivity contribution in [2.75, 3.05) is 18.0 Å². The molecule has 0 spiro atoms. The Bertz CT molecular complexity index is 376. The minimum atomic E-state index is -2.43. The molecule has 3 rings (SSSR count). The molecular formula is C10H11F2N3. The van der Waals surface area contributed by atoms with Crippen molar-refractivity contribution in [2.24, 2.45) is 11.8 Å². The van der Waals surface area contributed by atoms with E-state index in [0.29, 0.717) is 19.0 Å². The number of hydrogen-bond donors (Lipinski definition) is 0. The molecule has 1 aromatic heterocycles. The minimum Gasteiger partial charge on any atom is -0.340 e. The van der Waals surface area contributed by atoms with Crippen LogP contribution in [-0.4, -0.2) is 29.0 Å². The van der Waals surface area contributed by atoms with Gasteiger partial charge in [-0.15, -0.1) is 0 Å². The lowest BCUT2D eigenvalue weighted by molar-refractivity contribution is 0.0796. The summed E-state index contributed by atoms with van der Waals surface area (Å²) in [7, 11) is 0. The zero-order valence-corrected chi connectivity index (χ0v) is 8.32. The van der Waals surface area contributed by atoms with E-state index >= 15 is 0 Å². The molecule has 0 N–H and O–H groups in total. The molecule has 2 heterocycles.